The number of halogens is 1. The number of rotatable bonds is 12. The van der Waals surface area contributed by atoms with Crippen LogP contribution >= 0.6 is 11.8 Å². The number of benzene rings is 6. The lowest BCUT2D eigenvalue weighted by Gasteiger charge is -2.36. The second kappa shape index (κ2) is 15.9. The van der Waals surface area contributed by atoms with Crippen LogP contribution in [-0.4, -0.2) is 31.1 Å². The molecule has 2 heterocycles. The highest BCUT2D eigenvalue weighted by Gasteiger charge is 2.41. The number of hydrogen-bond donors (Lipinski definition) is 0. The minimum Gasteiger partial charge on any atom is -0.483 e. The molecule has 2 aromatic heterocycles. The maximum absolute atomic E-state index is 16.9. The molecule has 0 aliphatic heterocycles. The van der Waals surface area contributed by atoms with Crippen LogP contribution in [0, 0.1) is 12.7 Å². The molecule has 302 valence electrons. The third kappa shape index (κ3) is 7.21. The van der Waals surface area contributed by atoms with Gasteiger partial charge in [0.05, 0.1) is 10.9 Å². The van der Waals surface area contributed by atoms with Crippen molar-refractivity contribution in [2.24, 2.45) is 0 Å². The molecule has 8 heteroatoms. The van der Waals surface area contributed by atoms with Crippen LogP contribution in [0.5, 0.6) is 11.6 Å². The molecule has 1 aliphatic carbocycles. The Bertz CT molecular complexity index is 2710. The molecule has 1 fully saturated rings. The van der Waals surface area contributed by atoms with Gasteiger partial charge in [-0.05, 0) is 98.6 Å². The Hall–Kier alpha value is -5.99. The molecule has 6 aromatic carbocycles. The van der Waals surface area contributed by atoms with E-state index in [1.807, 2.05) is 68.8 Å². The molecule has 0 amide bonds. The fraction of sp³-hybridized carbons (Fsp3) is 0.250. The van der Waals surface area contributed by atoms with E-state index in [0.29, 0.717) is 33.4 Å². The second-order valence-electron chi connectivity index (χ2n) is 16.6. The average molecular weight is 813 g/mol. The highest BCUT2D eigenvalue weighted by molar-refractivity contribution is 7.99. The van der Waals surface area contributed by atoms with Gasteiger partial charge in [-0.2, -0.15) is 10.1 Å². The van der Waals surface area contributed by atoms with E-state index in [0.717, 1.165) is 68.3 Å². The predicted octanol–water partition coefficient (Wildman–Crippen LogP) is 13.2. The van der Waals surface area contributed by atoms with Gasteiger partial charge in [-0.3, -0.25) is 4.68 Å². The molecular weight excluding hydrogens is 764 g/mol. The first-order valence-electron chi connectivity index (χ1n) is 20.8. The molecule has 8 aromatic rings. The van der Waals surface area contributed by atoms with Crippen molar-refractivity contribution in [1.82, 2.24) is 19.7 Å². The maximum Gasteiger partial charge on any atom is 0.226 e. The summed E-state index contributed by atoms with van der Waals surface area (Å²) in [6.45, 7) is 12.1. The zero-order valence-corrected chi connectivity index (χ0v) is 35.8. The lowest BCUT2D eigenvalue weighted by molar-refractivity contribution is 0.125. The van der Waals surface area contributed by atoms with Crippen molar-refractivity contribution in [3.8, 4) is 22.8 Å². The van der Waals surface area contributed by atoms with E-state index in [4.69, 9.17) is 24.5 Å². The van der Waals surface area contributed by atoms with E-state index in [2.05, 4.69) is 111 Å². The molecule has 0 N–H and O–H groups in total. The molecule has 1 saturated carbocycles. The molecule has 0 unspecified atom stereocenters. The van der Waals surface area contributed by atoms with Crippen molar-refractivity contribution in [3.05, 3.63) is 179 Å². The summed E-state index contributed by atoms with van der Waals surface area (Å²) >= 11 is 1.56. The van der Waals surface area contributed by atoms with Crippen molar-refractivity contribution >= 4 is 33.6 Å². The lowest BCUT2D eigenvalue weighted by Crippen LogP contribution is -2.38. The minimum absolute atomic E-state index is 0.232. The van der Waals surface area contributed by atoms with Crippen LogP contribution in [0.4, 0.5) is 4.39 Å². The zero-order valence-electron chi connectivity index (χ0n) is 34.9. The van der Waals surface area contributed by atoms with Crippen molar-refractivity contribution in [2.45, 2.75) is 82.7 Å². The molecule has 1 atom stereocenters. The van der Waals surface area contributed by atoms with E-state index in [9.17, 15) is 0 Å². The summed E-state index contributed by atoms with van der Waals surface area (Å²) in [6, 6.07) is 45.3. The molecule has 0 saturated heterocycles. The Morgan fingerprint density at radius 1 is 0.767 bits per heavy atom. The summed E-state index contributed by atoms with van der Waals surface area (Å²) in [5.41, 5.74) is 7.06. The van der Waals surface area contributed by atoms with Crippen LogP contribution in [0.3, 0.4) is 0 Å². The number of aromatic nitrogens is 4. The van der Waals surface area contributed by atoms with Crippen molar-refractivity contribution in [1.29, 1.82) is 0 Å². The molecular formula is C52H49FN4O2S. The normalized spacial score (nSPS) is 13.8. The van der Waals surface area contributed by atoms with Crippen LogP contribution < -0.4 is 9.47 Å². The van der Waals surface area contributed by atoms with Crippen molar-refractivity contribution in [2.75, 3.05) is 5.75 Å². The van der Waals surface area contributed by atoms with Gasteiger partial charge in [0.1, 0.15) is 28.6 Å². The quantitative estimate of drug-likeness (QED) is 0.0696. The SMILES string of the molecule is CCSc1nc(OC(C)(C)C)c2cc(C3CC3)c(-c3c(C)c(F)cc4nn(C(c5ccccc5)(c5ccccc5)c5ccccc5)cc34)c(O[C@@H](C)c3ccccc3)c2n1. The molecule has 9 rings (SSSR count). The lowest BCUT2D eigenvalue weighted by atomic mass is 9.77. The van der Waals surface area contributed by atoms with E-state index in [1.54, 1.807) is 17.8 Å². The Labute approximate surface area is 355 Å². The van der Waals surface area contributed by atoms with E-state index in [-0.39, 0.29) is 17.8 Å². The minimum atomic E-state index is -0.896. The Morgan fingerprint density at radius 3 is 1.87 bits per heavy atom. The largest absolute Gasteiger partial charge is 0.483 e. The van der Waals surface area contributed by atoms with Gasteiger partial charge < -0.3 is 9.47 Å². The number of fused-ring (bicyclic) bond motifs is 2. The molecule has 6 nitrogen and oxygen atoms in total. The summed E-state index contributed by atoms with van der Waals surface area (Å²) in [6.07, 6.45) is 3.76. The summed E-state index contributed by atoms with van der Waals surface area (Å²) in [5, 5.41) is 7.57. The first-order valence-corrected chi connectivity index (χ1v) is 21.8. The van der Waals surface area contributed by atoms with Gasteiger partial charge in [-0.1, -0.05) is 140 Å². The highest BCUT2D eigenvalue weighted by Crippen LogP contribution is 2.54. The van der Waals surface area contributed by atoms with E-state index in [1.165, 1.54) is 0 Å². The van der Waals surface area contributed by atoms with Crippen LogP contribution in [0.2, 0.25) is 0 Å². The first kappa shape index (κ1) is 39.5. The third-order valence-electron chi connectivity index (χ3n) is 11.4. The number of ether oxygens (including phenoxy) is 2. The standard InChI is InChI=1S/C52H49FN4O2S/c1-7-60-50-54-47-41(49(55-50)59-51(4,5)6)30-40(36-28-29-36)46(48(47)58-34(3)35-20-12-8-13-21-35)45-33(2)43(53)31-44-42(45)32-57(56-44)52(37-22-14-9-15-23-37,38-24-16-10-17-25-38)39-26-18-11-19-27-39/h8-27,30-32,34,36H,7,28-29H2,1-6H3/t34-/m0/s1. The van der Waals surface area contributed by atoms with Crippen LogP contribution in [0.15, 0.2) is 145 Å². The summed E-state index contributed by atoms with van der Waals surface area (Å²) in [5.74, 6) is 1.78. The van der Waals surface area contributed by atoms with Crippen LogP contribution in [0.25, 0.3) is 32.9 Å². The highest BCUT2D eigenvalue weighted by atomic mass is 32.2. The maximum atomic E-state index is 16.9. The van der Waals surface area contributed by atoms with Crippen molar-refractivity contribution in [3.63, 3.8) is 0 Å². The second-order valence-corrected chi connectivity index (χ2v) is 17.9. The van der Waals surface area contributed by atoms with Gasteiger partial charge in [0.25, 0.3) is 0 Å². The fourth-order valence-electron chi connectivity index (χ4n) is 8.49. The van der Waals surface area contributed by atoms with Crippen LogP contribution in [-0.2, 0) is 5.54 Å². The van der Waals surface area contributed by atoms with Gasteiger partial charge >= 0.3 is 0 Å². The molecule has 60 heavy (non-hydrogen) atoms. The Morgan fingerprint density at radius 2 is 1.33 bits per heavy atom. The van der Waals surface area contributed by atoms with Gasteiger partial charge in [0.2, 0.25) is 5.88 Å². The predicted molar refractivity (Wildman–Crippen MR) is 242 cm³/mol. The molecule has 0 radical (unpaired) electrons. The van der Waals surface area contributed by atoms with E-state index < -0.39 is 11.1 Å². The monoisotopic (exact) mass is 812 g/mol. The van der Waals surface area contributed by atoms with Gasteiger partial charge in [0, 0.05) is 28.8 Å². The number of nitrogens with zero attached hydrogens (tertiary/aromatic N) is 4. The smallest absolute Gasteiger partial charge is 0.226 e. The third-order valence-corrected chi connectivity index (χ3v) is 12.1. The number of thioether (sulfide) groups is 1. The van der Waals surface area contributed by atoms with Crippen LogP contribution in [0.1, 0.15) is 92.9 Å². The van der Waals surface area contributed by atoms with E-state index >= 15 is 4.39 Å². The van der Waals surface area contributed by atoms with Gasteiger partial charge in [-0.15, -0.1) is 0 Å². The fourth-order valence-corrected chi connectivity index (χ4v) is 9.06. The van der Waals surface area contributed by atoms with Gasteiger partial charge in [0.15, 0.2) is 10.9 Å². The molecule has 0 spiro atoms. The summed E-state index contributed by atoms with van der Waals surface area (Å²) in [4.78, 5) is 10.2. The Kier molecular flexibility index (Phi) is 10.4. The van der Waals surface area contributed by atoms with Crippen molar-refractivity contribution < 1.29 is 13.9 Å². The summed E-state index contributed by atoms with van der Waals surface area (Å²) < 4.78 is 32.8. The topological polar surface area (TPSA) is 62.1 Å². The Balaban J connectivity index is 1.40. The molecule has 1 aliphatic rings. The number of hydrogen-bond acceptors (Lipinski definition) is 6. The van der Waals surface area contributed by atoms with Gasteiger partial charge in [-0.25, -0.2) is 9.37 Å². The zero-order chi connectivity index (χ0) is 41.6. The molecule has 0 bridgehead atoms. The first-order chi connectivity index (χ1) is 29.1. The summed E-state index contributed by atoms with van der Waals surface area (Å²) in [7, 11) is 0. The average Bonchev–Trinajstić information content (AvgIpc) is 4.02.